The van der Waals surface area contributed by atoms with Crippen molar-refractivity contribution in [2.75, 3.05) is 0 Å². The summed E-state index contributed by atoms with van der Waals surface area (Å²) in [6.45, 7) is 4.34. The van der Waals surface area contributed by atoms with Crippen molar-refractivity contribution in [2.24, 2.45) is 0 Å². The maximum atomic E-state index is 9.75. The number of hydrogen-bond acceptors (Lipinski definition) is 4. The SMILES string of the molecule is CC1(C)c2cc(B(O)O)ccc2-c2c(-c3nc(-c4ccccc4)c4ccccc4n3)cccc21. The molecule has 5 aromatic rings. The number of benzene rings is 4. The van der Waals surface area contributed by atoms with E-state index in [1.807, 2.05) is 48.5 Å². The monoisotopic (exact) mass is 442 g/mol. The number of rotatable bonds is 3. The lowest BCUT2D eigenvalue weighted by molar-refractivity contribution is 0.425. The Kier molecular flexibility index (Phi) is 4.66. The number of aromatic nitrogens is 2. The molecule has 4 nitrogen and oxygen atoms in total. The molecule has 4 aromatic carbocycles. The first kappa shape index (κ1) is 20.8. The van der Waals surface area contributed by atoms with Crippen molar-refractivity contribution in [1.82, 2.24) is 9.97 Å². The smallest absolute Gasteiger partial charge is 0.423 e. The quantitative estimate of drug-likeness (QED) is 0.388. The van der Waals surface area contributed by atoms with Crippen molar-refractivity contribution in [3.63, 3.8) is 0 Å². The lowest BCUT2D eigenvalue weighted by Crippen LogP contribution is -2.31. The first-order valence-electron chi connectivity index (χ1n) is 11.4. The fourth-order valence-electron chi connectivity index (χ4n) is 5.17. The maximum absolute atomic E-state index is 9.75. The average Bonchev–Trinajstić information content (AvgIpc) is 3.10. The van der Waals surface area contributed by atoms with E-state index in [0.717, 1.165) is 44.4 Å². The van der Waals surface area contributed by atoms with Gasteiger partial charge in [-0.3, -0.25) is 0 Å². The molecule has 1 heterocycles. The third-order valence-corrected chi connectivity index (χ3v) is 6.91. The van der Waals surface area contributed by atoms with E-state index in [1.54, 1.807) is 6.07 Å². The Bertz CT molecular complexity index is 1560. The molecule has 2 N–H and O–H groups in total. The molecule has 0 radical (unpaired) electrons. The highest BCUT2D eigenvalue weighted by Gasteiger charge is 2.38. The highest BCUT2D eigenvalue weighted by molar-refractivity contribution is 6.58. The zero-order chi connectivity index (χ0) is 23.4. The Labute approximate surface area is 198 Å². The van der Waals surface area contributed by atoms with Gasteiger partial charge in [0.05, 0.1) is 11.2 Å². The van der Waals surface area contributed by atoms with Gasteiger partial charge in [0.25, 0.3) is 0 Å². The van der Waals surface area contributed by atoms with Crippen LogP contribution in [0, 0.1) is 0 Å². The third-order valence-electron chi connectivity index (χ3n) is 6.91. The summed E-state index contributed by atoms with van der Waals surface area (Å²) in [5, 5.41) is 20.5. The van der Waals surface area contributed by atoms with E-state index in [0.29, 0.717) is 11.3 Å². The molecular weight excluding hydrogens is 419 g/mol. The summed E-state index contributed by atoms with van der Waals surface area (Å²) in [5.74, 6) is 0.685. The minimum absolute atomic E-state index is 0.287. The summed E-state index contributed by atoms with van der Waals surface area (Å²) in [6.07, 6.45) is 0. The minimum atomic E-state index is -1.50. The molecule has 0 fully saturated rings. The Hall–Kier alpha value is -3.80. The largest absolute Gasteiger partial charge is 0.488 e. The Morgan fingerprint density at radius 2 is 1.47 bits per heavy atom. The van der Waals surface area contributed by atoms with Crippen molar-refractivity contribution in [3.05, 3.63) is 102 Å². The van der Waals surface area contributed by atoms with Crippen LogP contribution in [-0.2, 0) is 5.41 Å². The minimum Gasteiger partial charge on any atom is -0.423 e. The second-order valence-corrected chi connectivity index (χ2v) is 9.31. The number of fused-ring (bicyclic) bond motifs is 4. The second kappa shape index (κ2) is 7.62. The van der Waals surface area contributed by atoms with Crippen LogP contribution in [0.5, 0.6) is 0 Å². The molecule has 164 valence electrons. The van der Waals surface area contributed by atoms with Gasteiger partial charge in [-0.25, -0.2) is 9.97 Å². The molecule has 0 aliphatic heterocycles. The van der Waals surface area contributed by atoms with Crippen LogP contribution in [0.2, 0.25) is 0 Å². The van der Waals surface area contributed by atoms with E-state index in [4.69, 9.17) is 9.97 Å². The van der Waals surface area contributed by atoms with E-state index >= 15 is 0 Å². The molecule has 0 unspecified atom stereocenters. The molecule has 0 saturated heterocycles. The lowest BCUT2D eigenvalue weighted by Gasteiger charge is -2.22. The number of hydrogen-bond donors (Lipinski definition) is 2. The average molecular weight is 442 g/mol. The van der Waals surface area contributed by atoms with Crippen molar-refractivity contribution < 1.29 is 10.0 Å². The van der Waals surface area contributed by atoms with Crippen molar-refractivity contribution in [3.8, 4) is 33.8 Å². The van der Waals surface area contributed by atoms with Crippen LogP contribution in [0.25, 0.3) is 44.7 Å². The fourth-order valence-corrected chi connectivity index (χ4v) is 5.17. The van der Waals surface area contributed by atoms with Gasteiger partial charge >= 0.3 is 7.12 Å². The molecule has 0 spiro atoms. The Balaban J connectivity index is 1.64. The van der Waals surface area contributed by atoms with Gasteiger partial charge in [-0.1, -0.05) is 98.8 Å². The predicted molar refractivity (Wildman–Crippen MR) is 138 cm³/mol. The van der Waals surface area contributed by atoms with E-state index in [1.165, 1.54) is 5.56 Å². The molecule has 0 bridgehead atoms. The molecule has 0 amide bonds. The molecule has 1 aromatic heterocycles. The molecular formula is C29H23BN2O2. The van der Waals surface area contributed by atoms with E-state index in [9.17, 15) is 10.0 Å². The second-order valence-electron chi connectivity index (χ2n) is 9.31. The summed E-state index contributed by atoms with van der Waals surface area (Å²) in [6, 6.07) is 30.3. The van der Waals surface area contributed by atoms with Crippen LogP contribution in [-0.4, -0.2) is 27.1 Å². The highest BCUT2D eigenvalue weighted by Crippen LogP contribution is 2.51. The predicted octanol–water partition coefficient (Wildman–Crippen LogP) is 4.95. The molecule has 6 rings (SSSR count). The summed E-state index contributed by atoms with van der Waals surface area (Å²) in [4.78, 5) is 10.1. The Morgan fingerprint density at radius 1 is 0.706 bits per heavy atom. The third kappa shape index (κ3) is 3.09. The van der Waals surface area contributed by atoms with Crippen LogP contribution in [0.15, 0.2) is 91.0 Å². The molecule has 0 saturated carbocycles. The maximum Gasteiger partial charge on any atom is 0.488 e. The van der Waals surface area contributed by atoms with Gasteiger partial charge in [-0.2, -0.15) is 0 Å². The lowest BCUT2D eigenvalue weighted by atomic mass is 9.75. The summed E-state index contributed by atoms with van der Waals surface area (Å²) < 4.78 is 0. The normalized spacial score (nSPS) is 13.5. The first-order valence-corrected chi connectivity index (χ1v) is 11.4. The molecule has 1 aliphatic rings. The van der Waals surface area contributed by atoms with Crippen LogP contribution in [0.4, 0.5) is 0 Å². The van der Waals surface area contributed by atoms with Crippen LogP contribution in [0.1, 0.15) is 25.0 Å². The zero-order valence-electron chi connectivity index (χ0n) is 19.0. The topological polar surface area (TPSA) is 66.2 Å². The first-order chi connectivity index (χ1) is 16.4. The van der Waals surface area contributed by atoms with Crippen molar-refractivity contribution >= 4 is 23.5 Å². The molecule has 0 atom stereocenters. The Morgan fingerprint density at radius 3 is 2.26 bits per heavy atom. The summed E-state index contributed by atoms with van der Waals surface area (Å²) >= 11 is 0. The van der Waals surface area contributed by atoms with Gasteiger partial charge in [-0.15, -0.1) is 0 Å². The van der Waals surface area contributed by atoms with E-state index in [2.05, 4.69) is 50.2 Å². The van der Waals surface area contributed by atoms with Gasteiger partial charge in [0.15, 0.2) is 5.82 Å². The van der Waals surface area contributed by atoms with Crippen molar-refractivity contribution in [2.45, 2.75) is 19.3 Å². The van der Waals surface area contributed by atoms with Gasteiger partial charge in [0.1, 0.15) is 0 Å². The summed E-state index contributed by atoms with van der Waals surface area (Å²) in [7, 11) is -1.50. The zero-order valence-corrected chi connectivity index (χ0v) is 19.0. The standard InChI is InChI=1S/C29H23BN2O2/c1-29(2)23-13-8-12-22(26(23)20-16-15-19(30(33)34)17-24(20)29)28-31-25-14-7-6-11-21(25)27(32-28)18-9-4-3-5-10-18/h3-17,33-34H,1-2H3. The van der Waals surface area contributed by atoms with E-state index in [-0.39, 0.29) is 5.41 Å². The van der Waals surface area contributed by atoms with Gasteiger partial charge in [-0.05, 0) is 33.8 Å². The van der Waals surface area contributed by atoms with Gasteiger partial charge in [0.2, 0.25) is 0 Å². The number of para-hydroxylation sites is 1. The molecule has 34 heavy (non-hydrogen) atoms. The van der Waals surface area contributed by atoms with Gasteiger partial charge in [0, 0.05) is 21.9 Å². The molecule has 5 heteroatoms. The van der Waals surface area contributed by atoms with Crippen LogP contribution < -0.4 is 5.46 Å². The van der Waals surface area contributed by atoms with Gasteiger partial charge < -0.3 is 10.0 Å². The van der Waals surface area contributed by atoms with Crippen LogP contribution in [0.3, 0.4) is 0 Å². The van der Waals surface area contributed by atoms with E-state index < -0.39 is 7.12 Å². The summed E-state index contributed by atoms with van der Waals surface area (Å²) in [5.41, 5.74) is 8.50. The molecule has 1 aliphatic carbocycles. The van der Waals surface area contributed by atoms with Crippen LogP contribution >= 0.6 is 0 Å². The van der Waals surface area contributed by atoms with Crippen molar-refractivity contribution in [1.29, 1.82) is 0 Å². The fraction of sp³-hybridized carbons (Fsp3) is 0.103. The highest BCUT2D eigenvalue weighted by atomic mass is 16.4. The number of nitrogens with zero attached hydrogens (tertiary/aromatic N) is 2.